The van der Waals surface area contributed by atoms with Crippen LogP contribution in [0.3, 0.4) is 0 Å². The molecule has 0 fully saturated rings. The summed E-state index contributed by atoms with van der Waals surface area (Å²) in [5.41, 5.74) is 3.00. The molecule has 0 radical (unpaired) electrons. The highest BCUT2D eigenvalue weighted by Crippen LogP contribution is 2.27. The second-order valence-electron chi connectivity index (χ2n) is 4.63. The summed E-state index contributed by atoms with van der Waals surface area (Å²) in [5.74, 6) is 0.866. The van der Waals surface area contributed by atoms with Gasteiger partial charge in [-0.3, -0.25) is 4.98 Å². The molecule has 1 atom stereocenters. The first-order chi connectivity index (χ1) is 9.65. The van der Waals surface area contributed by atoms with Crippen molar-refractivity contribution in [1.82, 2.24) is 14.5 Å². The van der Waals surface area contributed by atoms with E-state index in [0.29, 0.717) is 6.54 Å². The largest absolute Gasteiger partial charge is 0.321 e. The zero-order valence-electron chi connectivity index (χ0n) is 10.9. The van der Waals surface area contributed by atoms with E-state index < -0.39 is 0 Å². The van der Waals surface area contributed by atoms with Crippen LogP contribution in [0.1, 0.15) is 23.8 Å². The maximum Gasteiger partial charge on any atom is 0.128 e. The lowest BCUT2D eigenvalue weighted by Gasteiger charge is -2.10. The van der Waals surface area contributed by atoms with Crippen molar-refractivity contribution in [3.8, 4) is 0 Å². The molecule has 0 aliphatic rings. The van der Waals surface area contributed by atoms with Crippen LogP contribution in [0.4, 0.5) is 0 Å². The summed E-state index contributed by atoms with van der Waals surface area (Å²) in [6.45, 7) is 2.60. The van der Waals surface area contributed by atoms with E-state index in [9.17, 15) is 0 Å². The maximum atomic E-state index is 6.27. The highest BCUT2D eigenvalue weighted by Gasteiger charge is 2.15. The van der Waals surface area contributed by atoms with Gasteiger partial charge in [0.25, 0.3) is 0 Å². The molecule has 0 saturated heterocycles. The van der Waals surface area contributed by atoms with E-state index in [0.717, 1.165) is 27.0 Å². The molecule has 0 amide bonds. The number of alkyl halides is 1. The number of hydrogen-bond donors (Lipinski definition) is 0. The molecular formula is C15H13BrClN3. The lowest BCUT2D eigenvalue weighted by Crippen LogP contribution is -2.06. The molecule has 2 aromatic heterocycles. The molecule has 3 aromatic rings. The van der Waals surface area contributed by atoms with Gasteiger partial charge in [0.05, 0.1) is 28.6 Å². The predicted molar refractivity (Wildman–Crippen MR) is 85.0 cm³/mol. The Morgan fingerprint density at radius 3 is 2.85 bits per heavy atom. The summed E-state index contributed by atoms with van der Waals surface area (Å²) in [6.07, 6.45) is 1.80. The van der Waals surface area contributed by atoms with Crippen LogP contribution < -0.4 is 0 Å². The first-order valence-electron chi connectivity index (χ1n) is 6.35. The zero-order chi connectivity index (χ0) is 14.1. The van der Waals surface area contributed by atoms with Gasteiger partial charge >= 0.3 is 0 Å². The quantitative estimate of drug-likeness (QED) is 0.649. The van der Waals surface area contributed by atoms with Gasteiger partial charge in [-0.05, 0) is 37.3 Å². The second-order valence-corrected chi connectivity index (χ2v) is 6.20. The Balaban J connectivity index is 2.15. The molecule has 3 nitrogen and oxygen atoms in total. The number of pyridine rings is 1. The second kappa shape index (κ2) is 5.54. The molecule has 2 heterocycles. The monoisotopic (exact) mass is 349 g/mol. The van der Waals surface area contributed by atoms with Gasteiger partial charge in [-0.2, -0.15) is 0 Å². The number of benzene rings is 1. The van der Waals surface area contributed by atoms with Crippen LogP contribution in [0.25, 0.3) is 11.0 Å². The molecule has 102 valence electrons. The summed E-state index contributed by atoms with van der Waals surface area (Å²) in [4.78, 5) is 9.01. The topological polar surface area (TPSA) is 30.7 Å². The molecule has 5 heteroatoms. The molecule has 0 spiro atoms. The normalized spacial score (nSPS) is 12.8. The Bertz CT molecular complexity index is 737. The first kappa shape index (κ1) is 13.6. The number of nitrogens with zero attached hydrogens (tertiary/aromatic N) is 3. The Labute approximate surface area is 130 Å². The van der Waals surface area contributed by atoms with Gasteiger partial charge in [-0.25, -0.2) is 4.98 Å². The van der Waals surface area contributed by atoms with Gasteiger partial charge < -0.3 is 4.57 Å². The van der Waals surface area contributed by atoms with Crippen molar-refractivity contribution in [2.75, 3.05) is 0 Å². The van der Waals surface area contributed by atoms with Gasteiger partial charge in [0.15, 0.2) is 0 Å². The predicted octanol–water partition coefficient (Wildman–Crippen LogP) is 4.54. The van der Waals surface area contributed by atoms with E-state index in [1.54, 1.807) is 6.20 Å². The van der Waals surface area contributed by atoms with Crippen LogP contribution in [-0.2, 0) is 6.54 Å². The van der Waals surface area contributed by atoms with Gasteiger partial charge in [-0.15, -0.1) is 11.6 Å². The number of rotatable bonds is 3. The molecule has 0 aliphatic heterocycles. The first-order valence-corrected chi connectivity index (χ1v) is 7.58. The van der Waals surface area contributed by atoms with Crippen molar-refractivity contribution in [3.05, 3.63) is 58.6 Å². The third-order valence-electron chi connectivity index (χ3n) is 3.14. The fourth-order valence-electron chi connectivity index (χ4n) is 2.24. The van der Waals surface area contributed by atoms with Crippen molar-refractivity contribution in [3.63, 3.8) is 0 Å². The molecular weight excluding hydrogens is 338 g/mol. The number of aromatic nitrogens is 3. The number of hydrogen-bond acceptors (Lipinski definition) is 2. The summed E-state index contributed by atoms with van der Waals surface area (Å²) in [5, 5.41) is -0.148. The minimum atomic E-state index is -0.148. The fourth-order valence-corrected chi connectivity index (χ4v) is 2.75. The van der Waals surface area contributed by atoms with E-state index >= 15 is 0 Å². The van der Waals surface area contributed by atoms with Crippen molar-refractivity contribution < 1.29 is 0 Å². The summed E-state index contributed by atoms with van der Waals surface area (Å²) in [6, 6.07) is 12.0. The molecule has 1 unspecified atom stereocenters. The highest BCUT2D eigenvalue weighted by molar-refractivity contribution is 9.10. The van der Waals surface area contributed by atoms with Crippen molar-refractivity contribution in [1.29, 1.82) is 0 Å². The summed E-state index contributed by atoms with van der Waals surface area (Å²) in [7, 11) is 0. The average molecular weight is 351 g/mol. The maximum absolute atomic E-state index is 6.27. The van der Waals surface area contributed by atoms with Gasteiger partial charge in [0.2, 0.25) is 0 Å². The minimum absolute atomic E-state index is 0.148. The molecule has 0 bridgehead atoms. The SMILES string of the molecule is CC(Cl)c1nc2ccc(Br)cc2n1Cc1ccccn1. The standard InChI is InChI=1S/C15H13BrClN3/c1-10(17)15-19-13-6-5-11(16)8-14(13)20(15)9-12-4-2-3-7-18-12/h2-8,10H,9H2,1H3. The van der Waals surface area contributed by atoms with Gasteiger partial charge in [0, 0.05) is 10.7 Å². The van der Waals surface area contributed by atoms with Crippen LogP contribution in [0.5, 0.6) is 0 Å². The van der Waals surface area contributed by atoms with Gasteiger partial charge in [0.1, 0.15) is 5.82 Å². The lowest BCUT2D eigenvalue weighted by molar-refractivity contribution is 0.727. The lowest BCUT2D eigenvalue weighted by atomic mass is 10.3. The Morgan fingerprint density at radius 1 is 1.30 bits per heavy atom. The van der Waals surface area contributed by atoms with Crippen LogP contribution in [-0.4, -0.2) is 14.5 Å². The average Bonchev–Trinajstić information content (AvgIpc) is 2.78. The van der Waals surface area contributed by atoms with Crippen molar-refractivity contribution >= 4 is 38.6 Å². The smallest absolute Gasteiger partial charge is 0.128 e. The van der Waals surface area contributed by atoms with E-state index in [4.69, 9.17) is 11.6 Å². The number of halogens is 2. The van der Waals surface area contributed by atoms with Crippen molar-refractivity contribution in [2.24, 2.45) is 0 Å². The summed E-state index contributed by atoms with van der Waals surface area (Å²) >= 11 is 9.78. The van der Waals surface area contributed by atoms with E-state index in [2.05, 4.69) is 36.5 Å². The highest BCUT2D eigenvalue weighted by atomic mass is 79.9. The van der Waals surface area contributed by atoms with E-state index in [1.807, 2.05) is 37.3 Å². The van der Waals surface area contributed by atoms with Crippen LogP contribution >= 0.6 is 27.5 Å². The molecule has 1 aromatic carbocycles. The molecule has 0 aliphatic carbocycles. The third-order valence-corrected chi connectivity index (χ3v) is 3.83. The fraction of sp³-hybridized carbons (Fsp3) is 0.200. The molecule has 20 heavy (non-hydrogen) atoms. The number of imidazole rings is 1. The molecule has 0 N–H and O–H groups in total. The van der Waals surface area contributed by atoms with Crippen LogP contribution in [0.2, 0.25) is 0 Å². The van der Waals surface area contributed by atoms with E-state index in [1.165, 1.54) is 0 Å². The summed E-state index contributed by atoms with van der Waals surface area (Å²) < 4.78 is 3.15. The molecule has 0 saturated carbocycles. The van der Waals surface area contributed by atoms with Crippen LogP contribution in [0, 0.1) is 0 Å². The zero-order valence-corrected chi connectivity index (χ0v) is 13.3. The third kappa shape index (κ3) is 2.58. The molecule has 3 rings (SSSR count). The Morgan fingerprint density at radius 2 is 2.15 bits per heavy atom. The van der Waals surface area contributed by atoms with E-state index in [-0.39, 0.29) is 5.38 Å². The van der Waals surface area contributed by atoms with Gasteiger partial charge in [-0.1, -0.05) is 22.0 Å². The number of fused-ring (bicyclic) bond motifs is 1. The Kier molecular flexibility index (Phi) is 3.76. The van der Waals surface area contributed by atoms with Crippen LogP contribution in [0.15, 0.2) is 47.1 Å². The van der Waals surface area contributed by atoms with Crippen molar-refractivity contribution in [2.45, 2.75) is 18.8 Å². The Hall–Kier alpha value is -1.39. The minimum Gasteiger partial charge on any atom is -0.321 e.